The number of hydrogen-bond acceptors (Lipinski definition) is 8. The van der Waals surface area contributed by atoms with Gasteiger partial charge >= 0.3 is 0 Å². The van der Waals surface area contributed by atoms with E-state index in [1.807, 2.05) is 37.4 Å². The zero-order valence-corrected chi connectivity index (χ0v) is 21.4. The Labute approximate surface area is 210 Å². The lowest BCUT2D eigenvalue weighted by Gasteiger charge is -2.35. The van der Waals surface area contributed by atoms with Crippen molar-refractivity contribution >= 4 is 27.1 Å². The molecule has 5 rings (SSSR count). The van der Waals surface area contributed by atoms with Crippen molar-refractivity contribution < 1.29 is 22.7 Å². The van der Waals surface area contributed by atoms with Crippen LogP contribution < -0.4 is 19.7 Å². The van der Waals surface area contributed by atoms with Gasteiger partial charge in [-0.3, -0.25) is 4.79 Å². The Hall–Kier alpha value is -3.38. The molecule has 2 aliphatic rings. The lowest BCUT2D eigenvalue weighted by atomic mass is 10.0. The molecule has 192 valence electrons. The van der Waals surface area contributed by atoms with Crippen LogP contribution in [0.25, 0.3) is 16.8 Å². The Bertz CT molecular complexity index is 1380. The van der Waals surface area contributed by atoms with Crippen molar-refractivity contribution in [2.24, 2.45) is 5.92 Å². The predicted octanol–water partition coefficient (Wildman–Crippen LogP) is 1.39. The van der Waals surface area contributed by atoms with Crippen molar-refractivity contribution in [2.75, 3.05) is 51.0 Å². The molecule has 0 aliphatic carbocycles. The molecule has 2 atom stereocenters. The second kappa shape index (κ2) is 9.58. The number of sulfonamides is 1. The molecule has 2 fully saturated rings. The van der Waals surface area contributed by atoms with Gasteiger partial charge in [0.15, 0.2) is 0 Å². The summed E-state index contributed by atoms with van der Waals surface area (Å²) in [6.07, 6.45) is 5.01. The first-order chi connectivity index (χ1) is 17.2. The number of amides is 1. The summed E-state index contributed by atoms with van der Waals surface area (Å²) in [5.41, 5.74) is 3.15. The van der Waals surface area contributed by atoms with Gasteiger partial charge in [0.1, 0.15) is 17.4 Å². The standard InChI is InChI=1S/C24H30N6O5S/c1-16(18-13-23(31)25-14-18)35-24-21-6-7-26-30(21)15-19(27-24)17-4-5-20(22(12-17)34-2)28-8-10-29(11-9-28)36(3,32)33/h4-7,12,15-16,18H,8-11,13-14H2,1-3H3,(H,25,31)/t16-,18?/m1/s1. The molecule has 2 aliphatic heterocycles. The van der Waals surface area contributed by atoms with Gasteiger partial charge in [0.2, 0.25) is 21.8 Å². The molecule has 2 aromatic heterocycles. The molecule has 0 spiro atoms. The second-order valence-electron chi connectivity index (χ2n) is 9.22. The molecule has 1 N–H and O–H groups in total. The highest BCUT2D eigenvalue weighted by atomic mass is 32.2. The van der Waals surface area contributed by atoms with Crippen LogP contribution in [-0.2, 0) is 14.8 Å². The Morgan fingerprint density at radius 3 is 2.61 bits per heavy atom. The molecule has 3 aromatic rings. The van der Waals surface area contributed by atoms with Crippen LogP contribution >= 0.6 is 0 Å². The molecule has 4 heterocycles. The van der Waals surface area contributed by atoms with E-state index in [2.05, 4.69) is 15.3 Å². The Morgan fingerprint density at radius 2 is 1.94 bits per heavy atom. The number of nitrogens with zero attached hydrogens (tertiary/aromatic N) is 5. The largest absolute Gasteiger partial charge is 0.495 e. The van der Waals surface area contributed by atoms with Crippen molar-refractivity contribution in [2.45, 2.75) is 19.4 Å². The third-order valence-corrected chi connectivity index (χ3v) is 8.15. The highest BCUT2D eigenvalue weighted by molar-refractivity contribution is 7.88. The summed E-state index contributed by atoms with van der Waals surface area (Å²) in [5, 5.41) is 7.23. The molecule has 11 nitrogen and oxygen atoms in total. The average molecular weight is 515 g/mol. The van der Waals surface area contributed by atoms with E-state index in [-0.39, 0.29) is 17.9 Å². The van der Waals surface area contributed by atoms with Gasteiger partial charge in [0.25, 0.3) is 0 Å². The number of fused-ring (bicyclic) bond motifs is 1. The normalized spacial score (nSPS) is 19.9. The smallest absolute Gasteiger partial charge is 0.240 e. The van der Waals surface area contributed by atoms with Crippen LogP contribution in [-0.4, -0.2) is 85.4 Å². The summed E-state index contributed by atoms with van der Waals surface area (Å²) >= 11 is 0. The lowest BCUT2D eigenvalue weighted by molar-refractivity contribution is -0.119. The summed E-state index contributed by atoms with van der Waals surface area (Å²) in [6, 6.07) is 7.70. The van der Waals surface area contributed by atoms with Crippen molar-refractivity contribution in [3.8, 4) is 22.9 Å². The van der Waals surface area contributed by atoms with Crippen LogP contribution in [0.2, 0.25) is 0 Å². The van der Waals surface area contributed by atoms with E-state index in [1.165, 1.54) is 10.6 Å². The van der Waals surface area contributed by atoms with Crippen LogP contribution in [0.15, 0.2) is 36.7 Å². The molecule has 1 amide bonds. The summed E-state index contributed by atoms with van der Waals surface area (Å²) in [7, 11) is -1.58. The SMILES string of the molecule is COc1cc(-c2cn3nccc3c(O[C@H](C)C3CNC(=O)C3)n2)ccc1N1CCN(S(C)(=O)=O)CC1. The molecule has 12 heteroatoms. The van der Waals surface area contributed by atoms with E-state index in [9.17, 15) is 13.2 Å². The second-order valence-corrected chi connectivity index (χ2v) is 11.2. The molecule has 1 aromatic carbocycles. The van der Waals surface area contributed by atoms with Gasteiger partial charge in [-0.05, 0) is 25.1 Å². The van der Waals surface area contributed by atoms with Gasteiger partial charge in [-0.2, -0.15) is 9.40 Å². The molecule has 1 unspecified atom stereocenters. The Kier molecular flexibility index (Phi) is 6.47. The van der Waals surface area contributed by atoms with E-state index >= 15 is 0 Å². The first kappa shape index (κ1) is 24.3. The highest BCUT2D eigenvalue weighted by Crippen LogP contribution is 2.35. The average Bonchev–Trinajstić information content (AvgIpc) is 3.52. The van der Waals surface area contributed by atoms with Gasteiger partial charge < -0.3 is 19.7 Å². The lowest BCUT2D eigenvalue weighted by Crippen LogP contribution is -2.48. The van der Waals surface area contributed by atoms with Crippen molar-refractivity contribution in [3.05, 3.63) is 36.7 Å². The maximum Gasteiger partial charge on any atom is 0.240 e. The van der Waals surface area contributed by atoms with E-state index < -0.39 is 10.0 Å². The predicted molar refractivity (Wildman–Crippen MR) is 135 cm³/mol. The van der Waals surface area contributed by atoms with Gasteiger partial charge in [-0.15, -0.1) is 0 Å². The Balaban J connectivity index is 1.41. The fourth-order valence-electron chi connectivity index (χ4n) is 4.71. The number of anilines is 1. The number of rotatable bonds is 7. The summed E-state index contributed by atoms with van der Waals surface area (Å²) < 4.78 is 38.9. The Morgan fingerprint density at radius 1 is 1.17 bits per heavy atom. The highest BCUT2D eigenvalue weighted by Gasteiger charge is 2.29. The van der Waals surface area contributed by atoms with E-state index in [0.717, 1.165) is 16.8 Å². The number of ether oxygens (including phenoxy) is 2. The maximum atomic E-state index is 11.9. The number of piperazine rings is 1. The summed E-state index contributed by atoms with van der Waals surface area (Å²) in [5.74, 6) is 1.25. The molecule has 2 saturated heterocycles. The zero-order valence-electron chi connectivity index (χ0n) is 20.5. The minimum atomic E-state index is -3.20. The quantitative estimate of drug-likeness (QED) is 0.503. The topological polar surface area (TPSA) is 118 Å². The zero-order chi connectivity index (χ0) is 25.4. The van der Waals surface area contributed by atoms with E-state index in [0.29, 0.717) is 56.5 Å². The number of benzene rings is 1. The van der Waals surface area contributed by atoms with Crippen LogP contribution in [0.1, 0.15) is 13.3 Å². The molecule has 0 saturated carbocycles. The van der Waals surface area contributed by atoms with Gasteiger partial charge in [0, 0.05) is 50.6 Å². The summed E-state index contributed by atoms with van der Waals surface area (Å²) in [4.78, 5) is 18.6. The van der Waals surface area contributed by atoms with Crippen LogP contribution in [0.3, 0.4) is 0 Å². The van der Waals surface area contributed by atoms with Crippen molar-refractivity contribution in [1.82, 2.24) is 24.2 Å². The van der Waals surface area contributed by atoms with Gasteiger partial charge in [-0.25, -0.2) is 17.9 Å². The molecule has 36 heavy (non-hydrogen) atoms. The third kappa shape index (κ3) is 4.82. The van der Waals surface area contributed by atoms with E-state index in [4.69, 9.17) is 14.5 Å². The first-order valence-corrected chi connectivity index (χ1v) is 13.7. The minimum Gasteiger partial charge on any atom is -0.495 e. The number of carbonyl (C=O) groups excluding carboxylic acids is 1. The monoisotopic (exact) mass is 514 g/mol. The van der Waals surface area contributed by atoms with Crippen LogP contribution in [0, 0.1) is 5.92 Å². The fourth-order valence-corrected chi connectivity index (χ4v) is 5.54. The van der Waals surface area contributed by atoms with Crippen molar-refractivity contribution in [1.29, 1.82) is 0 Å². The number of hydrogen-bond donors (Lipinski definition) is 1. The minimum absolute atomic E-state index is 0.0385. The maximum absolute atomic E-state index is 11.9. The van der Waals surface area contributed by atoms with Gasteiger partial charge in [-0.1, -0.05) is 6.07 Å². The van der Waals surface area contributed by atoms with Crippen LogP contribution in [0.4, 0.5) is 5.69 Å². The number of methoxy groups -OCH3 is 1. The third-order valence-electron chi connectivity index (χ3n) is 6.85. The number of carbonyl (C=O) groups is 1. The molecular formula is C24H30N6O5S. The number of aromatic nitrogens is 3. The summed E-state index contributed by atoms with van der Waals surface area (Å²) in [6.45, 7) is 4.56. The number of nitrogens with one attached hydrogen (secondary N) is 1. The van der Waals surface area contributed by atoms with Crippen molar-refractivity contribution in [3.63, 3.8) is 0 Å². The van der Waals surface area contributed by atoms with E-state index in [1.54, 1.807) is 17.8 Å². The van der Waals surface area contributed by atoms with Gasteiger partial charge in [0.05, 0.1) is 37.1 Å². The molecule has 0 bridgehead atoms. The fraction of sp³-hybridized carbons (Fsp3) is 0.458. The molecular weight excluding hydrogens is 484 g/mol. The van der Waals surface area contributed by atoms with Crippen LogP contribution in [0.5, 0.6) is 11.6 Å². The first-order valence-electron chi connectivity index (χ1n) is 11.9. The molecule has 0 radical (unpaired) electrons.